The Morgan fingerprint density at radius 2 is 2.08 bits per heavy atom. The molecule has 24 heavy (non-hydrogen) atoms. The third kappa shape index (κ3) is 3.84. The predicted octanol–water partition coefficient (Wildman–Crippen LogP) is 2.34. The minimum absolute atomic E-state index is 0.0377. The molecule has 2 aromatic heterocycles. The van der Waals surface area contributed by atoms with E-state index in [4.69, 9.17) is 4.74 Å². The number of H-pyrrole nitrogens is 1. The van der Waals surface area contributed by atoms with Crippen LogP contribution in [0.2, 0.25) is 0 Å². The van der Waals surface area contributed by atoms with Gasteiger partial charge in [0.15, 0.2) is 0 Å². The summed E-state index contributed by atoms with van der Waals surface area (Å²) in [4.78, 5) is 19.1. The molecule has 0 saturated carbocycles. The molecule has 6 nitrogen and oxygen atoms in total. The number of nitrogens with one attached hydrogen (secondary N) is 3. The Bertz CT molecular complexity index is 814. The van der Waals surface area contributed by atoms with E-state index in [1.165, 1.54) is 0 Å². The maximum absolute atomic E-state index is 11.9. The maximum atomic E-state index is 11.9. The first-order valence-electron chi connectivity index (χ1n) is 7.81. The minimum Gasteiger partial charge on any atom is -0.497 e. The van der Waals surface area contributed by atoms with Crippen LogP contribution in [0.5, 0.6) is 5.75 Å². The van der Waals surface area contributed by atoms with Crippen LogP contribution in [0.25, 0.3) is 10.9 Å². The van der Waals surface area contributed by atoms with E-state index in [0.29, 0.717) is 6.54 Å². The Balaban J connectivity index is 1.50. The van der Waals surface area contributed by atoms with Crippen molar-refractivity contribution in [3.05, 3.63) is 54.5 Å². The van der Waals surface area contributed by atoms with E-state index >= 15 is 0 Å². The number of carbonyl (C=O) groups is 1. The van der Waals surface area contributed by atoms with Gasteiger partial charge in [0.2, 0.25) is 5.91 Å². The molecule has 0 radical (unpaired) electrons. The molecule has 0 unspecified atom stereocenters. The molecule has 3 aromatic rings. The van der Waals surface area contributed by atoms with Crippen LogP contribution in [0, 0.1) is 0 Å². The van der Waals surface area contributed by atoms with Crippen LogP contribution in [-0.2, 0) is 11.2 Å². The average Bonchev–Trinajstić information content (AvgIpc) is 3.03. The van der Waals surface area contributed by atoms with Crippen molar-refractivity contribution in [3.63, 3.8) is 0 Å². The molecule has 0 spiro atoms. The molecule has 124 valence electrons. The Hall–Kier alpha value is -3.02. The molecule has 3 rings (SSSR count). The molecule has 0 atom stereocenters. The standard InChI is InChI=1S/C18H20N4O2/c1-24-15-2-3-17-16(10-15)13(11-22-17)4-9-20-18(23)12-21-14-5-7-19-8-6-14/h2-3,5-8,10-11,22H,4,9,12H2,1H3,(H,19,21)(H,20,23). The maximum Gasteiger partial charge on any atom is 0.239 e. The number of aromatic nitrogens is 2. The number of aromatic amines is 1. The quantitative estimate of drug-likeness (QED) is 0.623. The van der Waals surface area contributed by atoms with Crippen molar-refractivity contribution in [2.24, 2.45) is 0 Å². The van der Waals surface area contributed by atoms with Crippen LogP contribution in [0.3, 0.4) is 0 Å². The van der Waals surface area contributed by atoms with E-state index in [1.807, 2.05) is 36.5 Å². The van der Waals surface area contributed by atoms with Gasteiger partial charge in [-0.05, 0) is 42.3 Å². The molecule has 0 aliphatic rings. The third-order valence-corrected chi connectivity index (χ3v) is 3.82. The van der Waals surface area contributed by atoms with E-state index in [0.717, 1.165) is 34.3 Å². The molecular weight excluding hydrogens is 304 g/mol. The van der Waals surface area contributed by atoms with E-state index < -0.39 is 0 Å². The lowest BCUT2D eigenvalue weighted by molar-refractivity contribution is -0.119. The van der Waals surface area contributed by atoms with E-state index in [1.54, 1.807) is 19.5 Å². The molecule has 0 aliphatic carbocycles. The number of anilines is 1. The number of rotatable bonds is 7. The number of carbonyl (C=O) groups excluding carboxylic acids is 1. The molecule has 6 heteroatoms. The number of amides is 1. The second kappa shape index (κ2) is 7.50. The SMILES string of the molecule is COc1ccc2[nH]cc(CCNC(=O)CNc3ccncc3)c2c1. The van der Waals surface area contributed by atoms with Crippen molar-refractivity contribution in [1.82, 2.24) is 15.3 Å². The van der Waals surface area contributed by atoms with Crippen molar-refractivity contribution in [3.8, 4) is 5.75 Å². The summed E-state index contributed by atoms with van der Waals surface area (Å²) >= 11 is 0. The van der Waals surface area contributed by atoms with Crippen molar-refractivity contribution in [2.45, 2.75) is 6.42 Å². The summed E-state index contributed by atoms with van der Waals surface area (Å²) in [5.41, 5.74) is 3.10. The zero-order valence-electron chi connectivity index (χ0n) is 13.5. The molecular formula is C18H20N4O2. The van der Waals surface area contributed by atoms with Gasteiger partial charge in [-0.1, -0.05) is 0 Å². The second-order valence-electron chi connectivity index (χ2n) is 5.41. The van der Waals surface area contributed by atoms with Crippen molar-refractivity contribution in [2.75, 3.05) is 25.5 Å². The zero-order valence-corrected chi connectivity index (χ0v) is 13.5. The Labute approximate surface area is 140 Å². The van der Waals surface area contributed by atoms with Gasteiger partial charge in [-0.15, -0.1) is 0 Å². The lowest BCUT2D eigenvalue weighted by Crippen LogP contribution is -2.31. The molecule has 0 aliphatic heterocycles. The lowest BCUT2D eigenvalue weighted by Gasteiger charge is -2.07. The normalized spacial score (nSPS) is 10.5. The lowest BCUT2D eigenvalue weighted by atomic mass is 10.1. The number of ether oxygens (including phenoxy) is 1. The van der Waals surface area contributed by atoms with Gasteiger partial charge in [-0.25, -0.2) is 0 Å². The highest BCUT2D eigenvalue weighted by Gasteiger charge is 2.06. The van der Waals surface area contributed by atoms with Crippen LogP contribution in [-0.4, -0.2) is 36.1 Å². The fraction of sp³-hybridized carbons (Fsp3) is 0.222. The first-order valence-corrected chi connectivity index (χ1v) is 7.81. The van der Waals surface area contributed by atoms with Crippen molar-refractivity contribution in [1.29, 1.82) is 0 Å². The number of hydrogen-bond donors (Lipinski definition) is 3. The minimum atomic E-state index is -0.0377. The van der Waals surface area contributed by atoms with E-state index in [2.05, 4.69) is 20.6 Å². The molecule has 3 N–H and O–H groups in total. The summed E-state index contributed by atoms with van der Waals surface area (Å²) in [7, 11) is 1.66. The molecule has 1 aromatic carbocycles. The predicted molar refractivity (Wildman–Crippen MR) is 94.3 cm³/mol. The summed E-state index contributed by atoms with van der Waals surface area (Å²) in [6.45, 7) is 0.826. The molecule has 0 fully saturated rings. The van der Waals surface area contributed by atoms with Crippen molar-refractivity contribution < 1.29 is 9.53 Å². The smallest absolute Gasteiger partial charge is 0.239 e. The first-order chi connectivity index (χ1) is 11.8. The summed E-state index contributed by atoms with van der Waals surface area (Å²) in [5, 5.41) is 7.10. The summed E-state index contributed by atoms with van der Waals surface area (Å²) in [5.74, 6) is 0.790. The highest BCUT2D eigenvalue weighted by atomic mass is 16.5. The van der Waals surface area contributed by atoms with Crippen molar-refractivity contribution >= 4 is 22.5 Å². The highest BCUT2D eigenvalue weighted by Crippen LogP contribution is 2.23. The third-order valence-electron chi connectivity index (χ3n) is 3.82. The van der Waals surface area contributed by atoms with Gasteiger partial charge in [0.1, 0.15) is 5.75 Å². The van der Waals surface area contributed by atoms with Gasteiger partial charge < -0.3 is 20.4 Å². The Morgan fingerprint density at radius 3 is 2.88 bits per heavy atom. The topological polar surface area (TPSA) is 79.0 Å². The largest absolute Gasteiger partial charge is 0.497 e. The molecule has 0 saturated heterocycles. The first kappa shape index (κ1) is 15.9. The van der Waals surface area contributed by atoms with Crippen LogP contribution >= 0.6 is 0 Å². The zero-order chi connectivity index (χ0) is 16.8. The van der Waals surface area contributed by atoms with Gasteiger partial charge in [-0.2, -0.15) is 0 Å². The summed E-state index contributed by atoms with van der Waals surface area (Å²) in [6.07, 6.45) is 6.11. The molecule has 1 amide bonds. The number of benzene rings is 1. The van der Waals surface area contributed by atoms with Crippen LogP contribution in [0.1, 0.15) is 5.56 Å². The Morgan fingerprint density at radius 1 is 1.25 bits per heavy atom. The number of fused-ring (bicyclic) bond motifs is 1. The second-order valence-corrected chi connectivity index (χ2v) is 5.41. The van der Waals surface area contributed by atoms with Crippen LogP contribution in [0.4, 0.5) is 5.69 Å². The van der Waals surface area contributed by atoms with Crippen LogP contribution in [0.15, 0.2) is 48.9 Å². The number of nitrogens with zero attached hydrogens (tertiary/aromatic N) is 1. The van der Waals surface area contributed by atoms with Gasteiger partial charge in [-0.3, -0.25) is 9.78 Å². The summed E-state index contributed by atoms with van der Waals surface area (Å²) in [6, 6.07) is 9.58. The Kier molecular flexibility index (Phi) is 4.96. The molecule has 2 heterocycles. The van der Waals surface area contributed by atoms with E-state index in [-0.39, 0.29) is 12.5 Å². The number of hydrogen-bond acceptors (Lipinski definition) is 4. The summed E-state index contributed by atoms with van der Waals surface area (Å²) < 4.78 is 5.27. The van der Waals surface area contributed by atoms with Gasteiger partial charge in [0.05, 0.1) is 13.7 Å². The van der Waals surface area contributed by atoms with Gasteiger partial charge >= 0.3 is 0 Å². The highest BCUT2D eigenvalue weighted by molar-refractivity contribution is 5.85. The molecule has 0 bridgehead atoms. The van der Waals surface area contributed by atoms with Crippen LogP contribution < -0.4 is 15.4 Å². The number of pyridine rings is 1. The average molecular weight is 324 g/mol. The number of methoxy groups -OCH3 is 1. The monoisotopic (exact) mass is 324 g/mol. The van der Waals surface area contributed by atoms with Gasteiger partial charge in [0.25, 0.3) is 0 Å². The fourth-order valence-corrected chi connectivity index (χ4v) is 2.54. The fourth-order valence-electron chi connectivity index (χ4n) is 2.54. The van der Waals surface area contributed by atoms with Gasteiger partial charge in [0, 0.05) is 41.7 Å². The van der Waals surface area contributed by atoms with E-state index in [9.17, 15) is 4.79 Å².